The van der Waals surface area contributed by atoms with Gasteiger partial charge in [-0.2, -0.15) is 0 Å². The number of Topliss-reactive ketones (excluding diaryl/α,β-unsaturated/α-hetero) is 1. The molecule has 21 heavy (non-hydrogen) atoms. The van der Waals surface area contributed by atoms with Crippen LogP contribution >= 0.6 is 0 Å². The summed E-state index contributed by atoms with van der Waals surface area (Å²) in [5.74, 6) is 0.443. The lowest BCUT2D eigenvalue weighted by Crippen LogP contribution is -2.43. The van der Waals surface area contributed by atoms with Crippen LogP contribution in [0.3, 0.4) is 0 Å². The number of ether oxygens (including phenoxy) is 1. The largest absolute Gasteiger partial charge is 0.447 e. The molecule has 0 aliphatic carbocycles. The number of carbonyl (C=O) groups is 2. The normalized spacial score (nSPS) is 19.7. The second-order valence-corrected chi connectivity index (χ2v) is 5.88. The van der Waals surface area contributed by atoms with Crippen molar-refractivity contribution in [3.05, 3.63) is 35.9 Å². The first-order valence-corrected chi connectivity index (χ1v) is 7.57. The molecule has 4 nitrogen and oxygen atoms in total. The maximum Gasteiger partial charge on any atom is 0.411 e. The number of cyclic esters (lactones) is 1. The SMILES string of the molecule is CCC(=O)[C@H](CC(C)C)N1C(=O)OC[C@@H]1c1ccccc1. The highest BCUT2D eigenvalue weighted by atomic mass is 16.6. The fourth-order valence-electron chi connectivity index (χ4n) is 2.79. The van der Waals surface area contributed by atoms with Crippen LogP contribution in [0, 0.1) is 5.92 Å². The fraction of sp³-hybridized carbons (Fsp3) is 0.529. The lowest BCUT2D eigenvalue weighted by atomic mass is 9.95. The molecule has 2 atom stereocenters. The third kappa shape index (κ3) is 3.43. The van der Waals surface area contributed by atoms with E-state index in [2.05, 4.69) is 13.8 Å². The van der Waals surface area contributed by atoms with E-state index in [0.29, 0.717) is 25.4 Å². The van der Waals surface area contributed by atoms with Gasteiger partial charge < -0.3 is 4.74 Å². The molecule has 0 N–H and O–H groups in total. The van der Waals surface area contributed by atoms with Crippen LogP contribution in [0.2, 0.25) is 0 Å². The summed E-state index contributed by atoms with van der Waals surface area (Å²) in [5, 5.41) is 0. The minimum Gasteiger partial charge on any atom is -0.447 e. The summed E-state index contributed by atoms with van der Waals surface area (Å²) in [7, 11) is 0. The molecule has 1 amide bonds. The van der Waals surface area contributed by atoms with Crippen molar-refractivity contribution in [1.29, 1.82) is 0 Å². The van der Waals surface area contributed by atoms with E-state index in [9.17, 15) is 9.59 Å². The van der Waals surface area contributed by atoms with Gasteiger partial charge in [0.15, 0.2) is 5.78 Å². The van der Waals surface area contributed by atoms with Gasteiger partial charge in [-0.3, -0.25) is 9.69 Å². The summed E-state index contributed by atoms with van der Waals surface area (Å²) in [6.45, 7) is 6.28. The first-order valence-electron chi connectivity index (χ1n) is 7.57. The van der Waals surface area contributed by atoms with Gasteiger partial charge in [-0.05, 0) is 17.9 Å². The molecular weight excluding hydrogens is 266 g/mol. The van der Waals surface area contributed by atoms with E-state index < -0.39 is 6.04 Å². The van der Waals surface area contributed by atoms with Crippen molar-refractivity contribution < 1.29 is 14.3 Å². The molecule has 114 valence electrons. The smallest absolute Gasteiger partial charge is 0.411 e. The summed E-state index contributed by atoms with van der Waals surface area (Å²) >= 11 is 0. The molecule has 0 radical (unpaired) electrons. The number of rotatable bonds is 6. The molecule has 1 aromatic carbocycles. The summed E-state index contributed by atoms with van der Waals surface area (Å²) in [4.78, 5) is 26.1. The number of ketones is 1. The Balaban J connectivity index is 2.31. The molecule has 0 bridgehead atoms. The Labute approximate surface area is 126 Å². The summed E-state index contributed by atoms with van der Waals surface area (Å²) in [5.41, 5.74) is 1.01. The van der Waals surface area contributed by atoms with Gasteiger partial charge in [0, 0.05) is 6.42 Å². The molecule has 1 aliphatic heterocycles. The van der Waals surface area contributed by atoms with Gasteiger partial charge in [0.2, 0.25) is 0 Å². The second-order valence-electron chi connectivity index (χ2n) is 5.88. The Morgan fingerprint density at radius 1 is 1.33 bits per heavy atom. The van der Waals surface area contributed by atoms with Crippen molar-refractivity contribution in [1.82, 2.24) is 4.90 Å². The Morgan fingerprint density at radius 3 is 2.57 bits per heavy atom. The van der Waals surface area contributed by atoms with Crippen LogP contribution in [0.1, 0.15) is 45.2 Å². The summed E-state index contributed by atoms with van der Waals surface area (Å²) in [6.07, 6.45) is 0.727. The predicted octanol–water partition coefficient (Wildman–Crippen LogP) is 3.57. The van der Waals surface area contributed by atoms with E-state index >= 15 is 0 Å². The molecule has 0 saturated carbocycles. The quantitative estimate of drug-likeness (QED) is 0.804. The van der Waals surface area contributed by atoms with Gasteiger partial charge >= 0.3 is 6.09 Å². The second kappa shape index (κ2) is 6.74. The molecule has 1 aliphatic rings. The van der Waals surface area contributed by atoms with E-state index in [1.165, 1.54) is 0 Å². The van der Waals surface area contributed by atoms with Crippen molar-refractivity contribution in [3.8, 4) is 0 Å². The van der Waals surface area contributed by atoms with E-state index in [0.717, 1.165) is 5.56 Å². The monoisotopic (exact) mass is 289 g/mol. The zero-order chi connectivity index (χ0) is 15.4. The third-order valence-electron chi connectivity index (χ3n) is 3.85. The van der Waals surface area contributed by atoms with Crippen LogP contribution in [-0.4, -0.2) is 29.4 Å². The van der Waals surface area contributed by atoms with E-state index in [4.69, 9.17) is 4.74 Å². The first-order chi connectivity index (χ1) is 10.0. The van der Waals surface area contributed by atoms with Crippen LogP contribution < -0.4 is 0 Å². The van der Waals surface area contributed by atoms with Gasteiger partial charge in [-0.15, -0.1) is 0 Å². The molecule has 1 heterocycles. The van der Waals surface area contributed by atoms with E-state index in [1.807, 2.05) is 37.3 Å². The number of nitrogens with zero attached hydrogens (tertiary/aromatic N) is 1. The Kier molecular flexibility index (Phi) is 4.99. The zero-order valence-corrected chi connectivity index (χ0v) is 12.9. The van der Waals surface area contributed by atoms with Crippen LogP contribution in [-0.2, 0) is 9.53 Å². The summed E-state index contributed by atoms with van der Waals surface area (Å²) < 4.78 is 5.22. The van der Waals surface area contributed by atoms with Crippen LogP contribution in [0.4, 0.5) is 4.79 Å². The van der Waals surface area contributed by atoms with Gasteiger partial charge in [0.1, 0.15) is 6.61 Å². The molecule has 4 heteroatoms. The number of benzene rings is 1. The van der Waals surface area contributed by atoms with Gasteiger partial charge in [0.25, 0.3) is 0 Å². The third-order valence-corrected chi connectivity index (χ3v) is 3.85. The standard InChI is InChI=1S/C17H23NO3/c1-4-16(19)14(10-12(2)3)18-15(11-21-17(18)20)13-8-6-5-7-9-13/h5-9,12,14-15H,4,10-11H2,1-3H3/t14-,15+/m0/s1. The minimum atomic E-state index is -0.393. The predicted molar refractivity (Wildman–Crippen MR) is 80.9 cm³/mol. The first kappa shape index (κ1) is 15.5. The Bertz CT molecular complexity index is 498. The number of amides is 1. The lowest BCUT2D eigenvalue weighted by Gasteiger charge is -2.30. The Hall–Kier alpha value is -1.84. The van der Waals surface area contributed by atoms with Crippen molar-refractivity contribution in [3.63, 3.8) is 0 Å². The number of hydrogen-bond donors (Lipinski definition) is 0. The highest BCUT2D eigenvalue weighted by Crippen LogP contribution is 2.32. The van der Waals surface area contributed by atoms with Crippen LogP contribution in [0.25, 0.3) is 0 Å². The average molecular weight is 289 g/mol. The lowest BCUT2D eigenvalue weighted by molar-refractivity contribution is -0.124. The fourth-order valence-corrected chi connectivity index (χ4v) is 2.79. The molecular formula is C17H23NO3. The van der Waals surface area contributed by atoms with E-state index in [-0.39, 0.29) is 17.9 Å². The molecule has 0 unspecified atom stereocenters. The molecule has 1 saturated heterocycles. The van der Waals surface area contributed by atoms with Crippen LogP contribution in [0.5, 0.6) is 0 Å². The van der Waals surface area contributed by atoms with Crippen molar-refractivity contribution in [2.75, 3.05) is 6.61 Å². The molecule has 1 aromatic rings. The van der Waals surface area contributed by atoms with Crippen LogP contribution in [0.15, 0.2) is 30.3 Å². The van der Waals surface area contributed by atoms with Crippen molar-refractivity contribution >= 4 is 11.9 Å². The molecule has 0 spiro atoms. The highest BCUT2D eigenvalue weighted by molar-refractivity contribution is 5.88. The van der Waals surface area contributed by atoms with Gasteiger partial charge in [-0.25, -0.2) is 4.79 Å². The van der Waals surface area contributed by atoms with E-state index in [1.54, 1.807) is 4.90 Å². The zero-order valence-electron chi connectivity index (χ0n) is 12.9. The Morgan fingerprint density at radius 2 is 2.00 bits per heavy atom. The summed E-state index contributed by atoms with van der Waals surface area (Å²) in [6, 6.07) is 9.21. The maximum absolute atomic E-state index is 12.3. The molecule has 0 aromatic heterocycles. The van der Waals surface area contributed by atoms with Gasteiger partial charge in [-0.1, -0.05) is 51.1 Å². The van der Waals surface area contributed by atoms with Gasteiger partial charge in [0.05, 0.1) is 12.1 Å². The highest BCUT2D eigenvalue weighted by Gasteiger charge is 2.41. The van der Waals surface area contributed by atoms with Crippen molar-refractivity contribution in [2.45, 2.75) is 45.7 Å². The molecule has 2 rings (SSSR count). The minimum absolute atomic E-state index is 0.100. The molecule has 1 fully saturated rings. The number of carbonyl (C=O) groups excluding carboxylic acids is 2. The topological polar surface area (TPSA) is 46.6 Å². The average Bonchev–Trinajstić information content (AvgIpc) is 2.86. The van der Waals surface area contributed by atoms with Crippen molar-refractivity contribution in [2.24, 2.45) is 5.92 Å². The maximum atomic E-state index is 12.3. The number of hydrogen-bond acceptors (Lipinski definition) is 3.